The van der Waals surface area contributed by atoms with E-state index in [-0.39, 0.29) is 28.8 Å². The van der Waals surface area contributed by atoms with Crippen LogP contribution in [0.25, 0.3) is 0 Å². The maximum atomic E-state index is 11.9. The zero-order valence-electron chi connectivity index (χ0n) is 13.5. The minimum Gasteiger partial charge on any atom is -0.506 e. The summed E-state index contributed by atoms with van der Waals surface area (Å²) in [6, 6.07) is 8.70. The number of halogens is 1. The number of hydrogen-bond acceptors (Lipinski definition) is 6. The molecular formula is C16H14BrN3O5S. The fraction of sp³-hybridized carbons (Fsp3) is 0.125. The summed E-state index contributed by atoms with van der Waals surface area (Å²) in [5.41, 5.74) is 0.739. The summed E-state index contributed by atoms with van der Waals surface area (Å²) in [6.07, 6.45) is 0. The Bertz CT molecular complexity index is 875. The predicted molar refractivity (Wildman–Crippen MR) is 103 cm³/mol. The number of hydrogen-bond donors (Lipinski definition) is 3. The molecule has 2 aromatic rings. The number of non-ortho nitro benzene ring substituents is 1. The van der Waals surface area contributed by atoms with Gasteiger partial charge in [0.15, 0.2) is 11.7 Å². The SMILES string of the molecule is Cc1cc(OCC(=O)NC(=S)Nc2cc([N+](=O)[O-])ccc2O)ccc1Br. The fourth-order valence-corrected chi connectivity index (χ4v) is 2.38. The lowest BCUT2D eigenvalue weighted by Gasteiger charge is -2.11. The third-order valence-electron chi connectivity index (χ3n) is 3.19. The van der Waals surface area contributed by atoms with Crippen LogP contribution in [0.15, 0.2) is 40.9 Å². The lowest BCUT2D eigenvalue weighted by molar-refractivity contribution is -0.384. The van der Waals surface area contributed by atoms with E-state index in [1.54, 1.807) is 18.2 Å². The van der Waals surface area contributed by atoms with Crippen LogP contribution >= 0.6 is 28.1 Å². The van der Waals surface area contributed by atoms with Gasteiger partial charge in [-0.15, -0.1) is 0 Å². The Morgan fingerprint density at radius 1 is 1.35 bits per heavy atom. The number of aryl methyl sites for hydroxylation is 1. The molecule has 26 heavy (non-hydrogen) atoms. The summed E-state index contributed by atoms with van der Waals surface area (Å²) in [5, 5.41) is 25.3. The van der Waals surface area contributed by atoms with E-state index in [0.29, 0.717) is 5.75 Å². The van der Waals surface area contributed by atoms with Gasteiger partial charge in [-0.05, 0) is 49.0 Å². The Morgan fingerprint density at radius 2 is 2.08 bits per heavy atom. The number of phenolic OH excluding ortho intramolecular Hbond substituents is 1. The predicted octanol–water partition coefficient (Wildman–Crippen LogP) is 3.26. The molecule has 2 aromatic carbocycles. The van der Waals surface area contributed by atoms with E-state index in [9.17, 15) is 20.0 Å². The average Bonchev–Trinajstić information content (AvgIpc) is 2.57. The van der Waals surface area contributed by atoms with Crippen LogP contribution in [0.4, 0.5) is 11.4 Å². The first kappa shape index (κ1) is 19.6. The van der Waals surface area contributed by atoms with Crippen LogP contribution in [0.5, 0.6) is 11.5 Å². The van der Waals surface area contributed by atoms with Gasteiger partial charge in [-0.25, -0.2) is 0 Å². The summed E-state index contributed by atoms with van der Waals surface area (Å²) in [5.74, 6) is -0.238. The number of nitro groups is 1. The normalized spacial score (nSPS) is 10.1. The van der Waals surface area contributed by atoms with Crippen molar-refractivity contribution in [2.24, 2.45) is 0 Å². The minimum atomic E-state index is -0.611. The molecule has 0 bridgehead atoms. The van der Waals surface area contributed by atoms with Crippen molar-refractivity contribution in [1.29, 1.82) is 0 Å². The number of nitrogens with zero attached hydrogens (tertiary/aromatic N) is 1. The standard InChI is InChI=1S/C16H14BrN3O5S/c1-9-6-11(3-4-12(9)17)25-8-15(22)19-16(26)18-13-7-10(20(23)24)2-5-14(13)21/h2-7,21H,8H2,1H3,(H2,18,19,22,26). The van der Waals surface area contributed by atoms with E-state index < -0.39 is 10.8 Å². The Morgan fingerprint density at radius 3 is 2.73 bits per heavy atom. The number of carbonyl (C=O) groups excluding carboxylic acids is 1. The molecule has 136 valence electrons. The molecule has 0 spiro atoms. The lowest BCUT2D eigenvalue weighted by Crippen LogP contribution is -2.37. The Balaban J connectivity index is 1.91. The Hall–Kier alpha value is -2.72. The van der Waals surface area contributed by atoms with Crippen molar-refractivity contribution in [3.8, 4) is 11.5 Å². The fourth-order valence-electron chi connectivity index (χ4n) is 1.91. The third-order valence-corrected chi connectivity index (χ3v) is 4.29. The van der Waals surface area contributed by atoms with E-state index in [2.05, 4.69) is 26.6 Å². The number of thiocarbonyl (C=S) groups is 1. The van der Waals surface area contributed by atoms with Crippen molar-refractivity contribution < 1.29 is 19.6 Å². The van der Waals surface area contributed by atoms with Gasteiger partial charge in [0.25, 0.3) is 11.6 Å². The summed E-state index contributed by atoms with van der Waals surface area (Å²) in [7, 11) is 0. The number of phenols is 1. The summed E-state index contributed by atoms with van der Waals surface area (Å²) in [4.78, 5) is 22.0. The van der Waals surface area contributed by atoms with Crippen LogP contribution < -0.4 is 15.4 Å². The minimum absolute atomic E-state index is 0.00829. The molecule has 0 heterocycles. The van der Waals surface area contributed by atoms with Gasteiger partial charge in [0.05, 0.1) is 10.6 Å². The van der Waals surface area contributed by atoms with Gasteiger partial charge >= 0.3 is 0 Å². The number of amides is 1. The number of aromatic hydroxyl groups is 1. The topological polar surface area (TPSA) is 114 Å². The van der Waals surface area contributed by atoms with Gasteiger partial charge in [0.2, 0.25) is 0 Å². The van der Waals surface area contributed by atoms with Crippen molar-refractivity contribution in [1.82, 2.24) is 5.32 Å². The maximum absolute atomic E-state index is 11.9. The van der Waals surface area contributed by atoms with Gasteiger partial charge in [0, 0.05) is 16.6 Å². The van der Waals surface area contributed by atoms with Gasteiger partial charge in [0.1, 0.15) is 11.5 Å². The summed E-state index contributed by atoms with van der Waals surface area (Å²) in [6.45, 7) is 1.62. The molecule has 0 unspecified atom stereocenters. The average molecular weight is 440 g/mol. The largest absolute Gasteiger partial charge is 0.506 e. The molecule has 0 fully saturated rings. The second kappa shape index (κ2) is 8.59. The highest BCUT2D eigenvalue weighted by Gasteiger charge is 2.13. The molecule has 0 saturated heterocycles. The second-order valence-electron chi connectivity index (χ2n) is 5.16. The first-order chi connectivity index (χ1) is 12.3. The quantitative estimate of drug-likeness (QED) is 0.283. The molecule has 0 aliphatic carbocycles. The van der Waals surface area contributed by atoms with Crippen LogP contribution in [-0.2, 0) is 4.79 Å². The molecule has 3 N–H and O–H groups in total. The Labute approximate surface area is 162 Å². The van der Waals surface area contributed by atoms with Crippen LogP contribution in [0.2, 0.25) is 0 Å². The zero-order valence-corrected chi connectivity index (χ0v) is 15.9. The number of rotatable bonds is 5. The van der Waals surface area contributed by atoms with Crippen LogP contribution in [0, 0.1) is 17.0 Å². The molecule has 2 rings (SSSR count). The van der Waals surface area contributed by atoms with Crippen LogP contribution in [-0.4, -0.2) is 27.7 Å². The number of benzene rings is 2. The van der Waals surface area contributed by atoms with Crippen LogP contribution in [0.3, 0.4) is 0 Å². The van der Waals surface area contributed by atoms with Crippen molar-refractivity contribution >= 4 is 50.5 Å². The number of anilines is 1. The summed E-state index contributed by atoms with van der Waals surface area (Å²) >= 11 is 8.33. The van der Waals surface area contributed by atoms with E-state index in [1.165, 1.54) is 0 Å². The van der Waals surface area contributed by atoms with E-state index >= 15 is 0 Å². The van der Waals surface area contributed by atoms with Gasteiger partial charge in [-0.1, -0.05) is 15.9 Å². The molecule has 1 amide bonds. The van der Waals surface area contributed by atoms with Gasteiger partial charge < -0.3 is 15.2 Å². The van der Waals surface area contributed by atoms with Crippen molar-refractivity contribution in [3.63, 3.8) is 0 Å². The molecule has 8 nitrogen and oxygen atoms in total. The molecular weight excluding hydrogens is 426 g/mol. The molecule has 0 radical (unpaired) electrons. The number of nitro benzene ring substituents is 1. The lowest BCUT2D eigenvalue weighted by atomic mass is 10.2. The van der Waals surface area contributed by atoms with Crippen LogP contribution in [0.1, 0.15) is 5.56 Å². The molecule has 0 aromatic heterocycles. The summed E-state index contributed by atoms with van der Waals surface area (Å²) < 4.78 is 6.30. The highest BCUT2D eigenvalue weighted by molar-refractivity contribution is 9.10. The number of nitrogens with one attached hydrogen (secondary N) is 2. The van der Waals surface area contributed by atoms with Crippen molar-refractivity contribution in [2.45, 2.75) is 6.92 Å². The molecule has 0 saturated carbocycles. The second-order valence-corrected chi connectivity index (χ2v) is 6.42. The smallest absolute Gasteiger partial charge is 0.271 e. The molecule has 10 heteroatoms. The van der Waals surface area contributed by atoms with E-state index in [1.807, 2.05) is 6.92 Å². The number of carbonyl (C=O) groups is 1. The van der Waals surface area contributed by atoms with E-state index in [0.717, 1.165) is 28.2 Å². The van der Waals surface area contributed by atoms with Crippen molar-refractivity contribution in [3.05, 3.63) is 56.5 Å². The van der Waals surface area contributed by atoms with E-state index in [4.69, 9.17) is 17.0 Å². The first-order valence-electron chi connectivity index (χ1n) is 7.23. The van der Waals surface area contributed by atoms with Gasteiger partial charge in [-0.2, -0.15) is 0 Å². The van der Waals surface area contributed by atoms with Crippen molar-refractivity contribution in [2.75, 3.05) is 11.9 Å². The monoisotopic (exact) mass is 439 g/mol. The molecule has 0 aliphatic heterocycles. The maximum Gasteiger partial charge on any atom is 0.271 e. The zero-order chi connectivity index (χ0) is 19.3. The highest BCUT2D eigenvalue weighted by atomic mass is 79.9. The highest BCUT2D eigenvalue weighted by Crippen LogP contribution is 2.27. The first-order valence-corrected chi connectivity index (χ1v) is 8.43. The van der Waals surface area contributed by atoms with Gasteiger partial charge in [-0.3, -0.25) is 20.2 Å². The Kier molecular flexibility index (Phi) is 6.47. The molecule has 0 atom stereocenters. The molecule has 0 aliphatic rings. The third kappa shape index (κ3) is 5.39. The number of ether oxygens (including phenoxy) is 1.